The monoisotopic (exact) mass is 289 g/mol. The van der Waals surface area contributed by atoms with Crippen LogP contribution in [0.3, 0.4) is 0 Å². The second-order valence-corrected chi connectivity index (χ2v) is 6.09. The van der Waals surface area contributed by atoms with Crippen LogP contribution in [0.15, 0.2) is 24.3 Å². The molecule has 0 spiro atoms. The molecule has 4 nitrogen and oxygen atoms in total. The molecule has 3 fully saturated rings. The molecule has 0 radical (unpaired) electrons. The van der Waals surface area contributed by atoms with Crippen molar-refractivity contribution in [3.63, 3.8) is 0 Å². The van der Waals surface area contributed by atoms with Gasteiger partial charge < -0.3 is 10.1 Å². The minimum atomic E-state index is 0.397. The van der Waals surface area contributed by atoms with E-state index in [1.54, 1.807) is 0 Å². The van der Waals surface area contributed by atoms with Gasteiger partial charge in [0, 0.05) is 44.8 Å². The number of nitrogens with one attached hydrogen (secondary N) is 1. The molecule has 0 aromatic heterocycles. The first-order valence-corrected chi connectivity index (χ1v) is 8.18. The largest absolute Gasteiger partial charge is 0.494 e. The van der Waals surface area contributed by atoms with Crippen LogP contribution in [0.2, 0.25) is 0 Å². The van der Waals surface area contributed by atoms with E-state index in [2.05, 4.69) is 53.4 Å². The molecule has 3 heterocycles. The van der Waals surface area contributed by atoms with Crippen molar-refractivity contribution >= 4 is 0 Å². The zero-order valence-electron chi connectivity index (χ0n) is 13.2. The molecule has 3 saturated heterocycles. The van der Waals surface area contributed by atoms with Gasteiger partial charge in [0.25, 0.3) is 0 Å². The Balaban J connectivity index is 1.71. The summed E-state index contributed by atoms with van der Waals surface area (Å²) in [6.45, 7) is 8.99. The third-order valence-electron chi connectivity index (χ3n) is 4.73. The van der Waals surface area contributed by atoms with Crippen molar-refractivity contribution in [1.29, 1.82) is 0 Å². The summed E-state index contributed by atoms with van der Waals surface area (Å²) in [5.74, 6) is 0.977. The van der Waals surface area contributed by atoms with Gasteiger partial charge in [0.1, 0.15) is 5.75 Å². The third kappa shape index (κ3) is 3.23. The molecule has 3 aliphatic heterocycles. The second-order valence-electron chi connectivity index (χ2n) is 6.09. The van der Waals surface area contributed by atoms with Crippen LogP contribution in [0, 0.1) is 0 Å². The van der Waals surface area contributed by atoms with Gasteiger partial charge in [-0.1, -0.05) is 19.1 Å². The van der Waals surface area contributed by atoms with Crippen LogP contribution in [0.4, 0.5) is 0 Å². The molecule has 1 aromatic carbocycles. The fourth-order valence-electron chi connectivity index (χ4n) is 3.55. The van der Waals surface area contributed by atoms with Crippen LogP contribution in [0.5, 0.6) is 5.75 Å². The van der Waals surface area contributed by atoms with Crippen molar-refractivity contribution in [2.24, 2.45) is 0 Å². The summed E-state index contributed by atoms with van der Waals surface area (Å²) in [7, 11) is 2.07. The summed E-state index contributed by atoms with van der Waals surface area (Å²) in [5.41, 5.74) is 1.36. The van der Waals surface area contributed by atoms with E-state index in [-0.39, 0.29) is 0 Å². The molecule has 2 unspecified atom stereocenters. The zero-order chi connectivity index (χ0) is 14.7. The molecule has 1 aromatic rings. The van der Waals surface area contributed by atoms with Crippen molar-refractivity contribution in [1.82, 2.24) is 15.1 Å². The summed E-state index contributed by atoms with van der Waals surface area (Å²) in [4.78, 5) is 5.23. The van der Waals surface area contributed by atoms with E-state index in [0.717, 1.165) is 18.8 Å². The van der Waals surface area contributed by atoms with Crippen LogP contribution >= 0.6 is 0 Å². The predicted octanol–water partition coefficient (Wildman–Crippen LogP) is 1.74. The summed E-state index contributed by atoms with van der Waals surface area (Å²) in [5, 5.41) is 3.53. The number of rotatable bonds is 6. The van der Waals surface area contributed by atoms with Crippen molar-refractivity contribution in [2.45, 2.75) is 25.4 Å². The molecule has 2 bridgehead atoms. The predicted molar refractivity (Wildman–Crippen MR) is 85.8 cm³/mol. The number of piperazine rings is 3. The van der Waals surface area contributed by atoms with E-state index >= 15 is 0 Å². The van der Waals surface area contributed by atoms with Gasteiger partial charge in [0.15, 0.2) is 0 Å². The van der Waals surface area contributed by atoms with Crippen molar-refractivity contribution < 1.29 is 4.74 Å². The van der Waals surface area contributed by atoms with Crippen LogP contribution in [-0.4, -0.2) is 62.2 Å². The highest BCUT2D eigenvalue weighted by molar-refractivity contribution is 5.30. The van der Waals surface area contributed by atoms with E-state index in [1.165, 1.54) is 38.3 Å². The van der Waals surface area contributed by atoms with Crippen LogP contribution < -0.4 is 10.1 Å². The van der Waals surface area contributed by atoms with E-state index in [1.807, 2.05) is 0 Å². The fourth-order valence-corrected chi connectivity index (χ4v) is 3.55. The van der Waals surface area contributed by atoms with Gasteiger partial charge in [-0.2, -0.15) is 0 Å². The minimum Gasteiger partial charge on any atom is -0.494 e. The Kier molecular flexibility index (Phi) is 4.78. The quantitative estimate of drug-likeness (QED) is 0.863. The maximum Gasteiger partial charge on any atom is 0.119 e. The second kappa shape index (κ2) is 6.77. The fraction of sp³-hybridized carbons (Fsp3) is 0.647. The average molecular weight is 289 g/mol. The van der Waals surface area contributed by atoms with Gasteiger partial charge in [-0.05, 0) is 31.2 Å². The molecule has 0 saturated carbocycles. The van der Waals surface area contributed by atoms with Crippen molar-refractivity contribution in [2.75, 3.05) is 46.4 Å². The Bertz CT molecular complexity index is 440. The summed E-state index contributed by atoms with van der Waals surface area (Å²) in [6.07, 6.45) is 1.05. The molecular weight excluding hydrogens is 262 g/mol. The molecule has 1 N–H and O–H groups in total. The number of hydrogen-bond donors (Lipinski definition) is 1. The Morgan fingerprint density at radius 2 is 1.90 bits per heavy atom. The van der Waals surface area contributed by atoms with Crippen LogP contribution in [-0.2, 0) is 0 Å². The SMILES string of the molecule is CCCOc1ccc(C(NC)C2CN3CCN2CC3)cc1. The third-order valence-corrected chi connectivity index (χ3v) is 4.73. The standard InChI is InChI=1S/C17H27N3O/c1-3-12-21-15-6-4-14(5-7-15)17(18-2)16-13-19-8-10-20(16)11-9-19/h4-7,16-18H,3,8-13H2,1-2H3. The minimum absolute atomic E-state index is 0.397. The number of fused-ring (bicyclic) bond motifs is 3. The lowest BCUT2D eigenvalue weighted by Crippen LogP contribution is -2.63. The Labute approximate surface area is 128 Å². The van der Waals surface area contributed by atoms with Gasteiger partial charge in [-0.3, -0.25) is 9.80 Å². The van der Waals surface area contributed by atoms with Crippen LogP contribution in [0.1, 0.15) is 24.9 Å². The maximum atomic E-state index is 5.68. The lowest BCUT2D eigenvalue weighted by atomic mass is 9.94. The summed E-state index contributed by atoms with van der Waals surface area (Å²) >= 11 is 0. The first kappa shape index (κ1) is 14.8. The lowest BCUT2D eigenvalue weighted by Gasteiger charge is -2.50. The van der Waals surface area contributed by atoms with Gasteiger partial charge in [0.05, 0.1) is 6.61 Å². The molecule has 3 aliphatic rings. The highest BCUT2D eigenvalue weighted by Crippen LogP contribution is 2.28. The summed E-state index contributed by atoms with van der Waals surface area (Å²) in [6, 6.07) is 9.61. The molecule has 4 heteroatoms. The number of hydrogen-bond acceptors (Lipinski definition) is 4. The number of ether oxygens (including phenoxy) is 1. The van der Waals surface area contributed by atoms with Gasteiger partial charge in [-0.15, -0.1) is 0 Å². The van der Waals surface area contributed by atoms with Gasteiger partial charge >= 0.3 is 0 Å². The Hall–Kier alpha value is -1.10. The van der Waals surface area contributed by atoms with Crippen molar-refractivity contribution in [3.05, 3.63) is 29.8 Å². The van der Waals surface area contributed by atoms with E-state index < -0.39 is 0 Å². The molecule has 0 aliphatic carbocycles. The lowest BCUT2D eigenvalue weighted by molar-refractivity contribution is -0.00255. The first-order valence-electron chi connectivity index (χ1n) is 8.18. The maximum absolute atomic E-state index is 5.68. The number of nitrogens with zero attached hydrogens (tertiary/aromatic N) is 2. The summed E-state index contributed by atoms with van der Waals surface area (Å²) < 4.78 is 5.68. The van der Waals surface area contributed by atoms with Gasteiger partial charge in [-0.25, -0.2) is 0 Å². The Morgan fingerprint density at radius 3 is 2.43 bits per heavy atom. The molecule has 116 valence electrons. The van der Waals surface area contributed by atoms with Crippen molar-refractivity contribution in [3.8, 4) is 5.75 Å². The topological polar surface area (TPSA) is 27.7 Å². The highest BCUT2D eigenvalue weighted by atomic mass is 16.5. The van der Waals surface area contributed by atoms with E-state index in [9.17, 15) is 0 Å². The number of benzene rings is 1. The molecule has 2 atom stereocenters. The molecular formula is C17H27N3O. The van der Waals surface area contributed by atoms with E-state index in [4.69, 9.17) is 4.74 Å². The molecule has 0 amide bonds. The molecule has 4 rings (SSSR count). The highest BCUT2D eigenvalue weighted by Gasteiger charge is 2.36. The van der Waals surface area contributed by atoms with Crippen LogP contribution in [0.25, 0.3) is 0 Å². The Morgan fingerprint density at radius 1 is 1.19 bits per heavy atom. The first-order chi connectivity index (χ1) is 10.3. The average Bonchev–Trinajstić information content (AvgIpc) is 2.56. The molecule has 21 heavy (non-hydrogen) atoms. The van der Waals surface area contributed by atoms with Gasteiger partial charge in [0.2, 0.25) is 0 Å². The zero-order valence-corrected chi connectivity index (χ0v) is 13.2. The number of likely N-dealkylation sites (N-methyl/N-ethyl adjacent to an activating group) is 1. The van der Waals surface area contributed by atoms with E-state index in [0.29, 0.717) is 12.1 Å². The normalized spacial score (nSPS) is 29.3. The smallest absolute Gasteiger partial charge is 0.119 e.